The summed E-state index contributed by atoms with van der Waals surface area (Å²) >= 11 is 5.02. The van der Waals surface area contributed by atoms with Gasteiger partial charge in [0.15, 0.2) is 0 Å². The molecule has 0 aliphatic rings. The van der Waals surface area contributed by atoms with E-state index in [9.17, 15) is 5.11 Å². The molecule has 0 bridgehead atoms. The number of aliphatic hydroxyl groups excluding tert-OH is 1. The lowest BCUT2D eigenvalue weighted by Crippen LogP contribution is -2.11. The van der Waals surface area contributed by atoms with Gasteiger partial charge < -0.3 is 5.11 Å². The standard InChI is InChI=1S/C15H18BrNOS/c1-15(2,3)13-9-19-14(17-13)8-12(18)10-4-6-11(16)7-5-10/h4-7,9,12,18H,8H2,1-3H3. The molecule has 1 heterocycles. The van der Waals surface area contributed by atoms with E-state index in [4.69, 9.17) is 0 Å². The van der Waals surface area contributed by atoms with Crippen LogP contribution in [0.1, 0.15) is 43.1 Å². The Morgan fingerprint density at radius 3 is 2.42 bits per heavy atom. The largest absolute Gasteiger partial charge is 0.388 e. The molecule has 1 atom stereocenters. The maximum atomic E-state index is 10.2. The van der Waals surface area contributed by atoms with Gasteiger partial charge in [0.1, 0.15) is 0 Å². The van der Waals surface area contributed by atoms with E-state index in [-0.39, 0.29) is 5.41 Å². The molecule has 19 heavy (non-hydrogen) atoms. The second kappa shape index (κ2) is 5.73. The minimum Gasteiger partial charge on any atom is -0.388 e. The summed E-state index contributed by atoms with van der Waals surface area (Å²) in [6.07, 6.45) is 0.0783. The number of nitrogens with zero attached hydrogens (tertiary/aromatic N) is 1. The van der Waals surface area contributed by atoms with E-state index >= 15 is 0 Å². The van der Waals surface area contributed by atoms with Crippen molar-refractivity contribution in [1.29, 1.82) is 0 Å². The first-order valence-electron chi connectivity index (χ1n) is 6.24. The van der Waals surface area contributed by atoms with E-state index in [1.54, 1.807) is 11.3 Å². The first kappa shape index (κ1) is 14.7. The van der Waals surface area contributed by atoms with E-state index in [1.165, 1.54) is 0 Å². The first-order valence-corrected chi connectivity index (χ1v) is 7.92. The smallest absolute Gasteiger partial charge is 0.0957 e. The third-order valence-electron chi connectivity index (χ3n) is 2.94. The molecular weight excluding hydrogens is 322 g/mol. The molecule has 0 radical (unpaired) electrons. The molecule has 0 fully saturated rings. The molecule has 102 valence electrons. The second-order valence-electron chi connectivity index (χ2n) is 5.65. The van der Waals surface area contributed by atoms with Gasteiger partial charge in [0.25, 0.3) is 0 Å². The van der Waals surface area contributed by atoms with Crippen molar-refractivity contribution in [2.75, 3.05) is 0 Å². The van der Waals surface area contributed by atoms with Crippen LogP contribution in [-0.4, -0.2) is 10.1 Å². The van der Waals surface area contributed by atoms with E-state index in [0.717, 1.165) is 20.7 Å². The third-order valence-corrected chi connectivity index (χ3v) is 4.34. The van der Waals surface area contributed by atoms with Gasteiger partial charge in [0.2, 0.25) is 0 Å². The Labute approximate surface area is 126 Å². The summed E-state index contributed by atoms with van der Waals surface area (Å²) < 4.78 is 1.02. The fourth-order valence-corrected chi connectivity index (χ4v) is 3.04. The highest BCUT2D eigenvalue weighted by Crippen LogP contribution is 2.27. The molecule has 2 nitrogen and oxygen atoms in total. The lowest BCUT2D eigenvalue weighted by atomic mass is 9.93. The molecule has 2 aromatic rings. The molecule has 1 aromatic carbocycles. The van der Waals surface area contributed by atoms with Crippen molar-refractivity contribution in [3.63, 3.8) is 0 Å². The molecule has 0 saturated heterocycles. The van der Waals surface area contributed by atoms with Crippen LogP contribution in [0.3, 0.4) is 0 Å². The molecular formula is C15H18BrNOS. The van der Waals surface area contributed by atoms with Gasteiger partial charge in [-0.3, -0.25) is 0 Å². The molecule has 1 N–H and O–H groups in total. The van der Waals surface area contributed by atoms with Crippen LogP contribution in [0.25, 0.3) is 0 Å². The van der Waals surface area contributed by atoms with Crippen LogP contribution in [-0.2, 0) is 11.8 Å². The van der Waals surface area contributed by atoms with Crippen molar-refractivity contribution in [3.05, 3.63) is 50.4 Å². The van der Waals surface area contributed by atoms with Crippen LogP contribution < -0.4 is 0 Å². The number of halogens is 1. The van der Waals surface area contributed by atoms with E-state index in [2.05, 4.69) is 47.1 Å². The Hall–Kier alpha value is -0.710. The zero-order valence-corrected chi connectivity index (χ0v) is 13.8. The average molecular weight is 340 g/mol. The number of hydrogen-bond acceptors (Lipinski definition) is 3. The number of rotatable bonds is 3. The molecule has 2 rings (SSSR count). The molecule has 1 aromatic heterocycles. The Bertz CT molecular complexity index is 542. The van der Waals surface area contributed by atoms with Gasteiger partial charge >= 0.3 is 0 Å². The predicted molar refractivity (Wildman–Crippen MR) is 83.6 cm³/mol. The van der Waals surface area contributed by atoms with Gasteiger partial charge in [0.05, 0.1) is 16.8 Å². The summed E-state index contributed by atoms with van der Waals surface area (Å²) in [5, 5.41) is 13.3. The van der Waals surface area contributed by atoms with Gasteiger partial charge in [0, 0.05) is 21.7 Å². The van der Waals surface area contributed by atoms with Crippen LogP contribution in [0.4, 0.5) is 0 Å². The van der Waals surface area contributed by atoms with Crippen LogP contribution in [0.2, 0.25) is 0 Å². The van der Waals surface area contributed by atoms with Crippen molar-refractivity contribution in [1.82, 2.24) is 4.98 Å². The highest BCUT2D eigenvalue weighted by Gasteiger charge is 2.18. The summed E-state index contributed by atoms with van der Waals surface area (Å²) in [7, 11) is 0. The van der Waals surface area contributed by atoms with Crippen molar-refractivity contribution in [3.8, 4) is 0 Å². The number of benzene rings is 1. The van der Waals surface area contributed by atoms with Crippen LogP contribution in [0, 0.1) is 0 Å². The average Bonchev–Trinajstić information content (AvgIpc) is 2.78. The molecule has 0 aliphatic carbocycles. The second-order valence-corrected chi connectivity index (χ2v) is 7.51. The normalized spacial score (nSPS) is 13.5. The quantitative estimate of drug-likeness (QED) is 0.894. The highest BCUT2D eigenvalue weighted by atomic mass is 79.9. The number of aliphatic hydroxyl groups is 1. The Morgan fingerprint density at radius 1 is 1.26 bits per heavy atom. The Morgan fingerprint density at radius 2 is 1.89 bits per heavy atom. The van der Waals surface area contributed by atoms with Crippen molar-refractivity contribution >= 4 is 27.3 Å². The van der Waals surface area contributed by atoms with E-state index in [1.807, 2.05) is 24.3 Å². The van der Waals surface area contributed by atoms with Gasteiger partial charge in [-0.15, -0.1) is 11.3 Å². The maximum Gasteiger partial charge on any atom is 0.0957 e. The first-order chi connectivity index (χ1) is 8.86. The molecule has 0 spiro atoms. The monoisotopic (exact) mass is 339 g/mol. The molecule has 1 unspecified atom stereocenters. The molecule has 0 saturated carbocycles. The van der Waals surface area contributed by atoms with Gasteiger partial charge in [-0.25, -0.2) is 4.98 Å². The zero-order chi connectivity index (χ0) is 14.0. The lowest BCUT2D eigenvalue weighted by molar-refractivity contribution is 0.178. The fraction of sp³-hybridized carbons (Fsp3) is 0.400. The zero-order valence-electron chi connectivity index (χ0n) is 11.4. The summed E-state index contributed by atoms with van der Waals surface area (Å²) in [5.41, 5.74) is 2.09. The molecule has 0 aliphatic heterocycles. The third kappa shape index (κ3) is 3.88. The minimum atomic E-state index is -0.493. The summed E-state index contributed by atoms with van der Waals surface area (Å²) in [5.74, 6) is 0. The highest BCUT2D eigenvalue weighted by molar-refractivity contribution is 9.10. The van der Waals surface area contributed by atoms with Crippen molar-refractivity contribution in [2.24, 2.45) is 0 Å². The predicted octanol–water partition coefficient (Wildman–Crippen LogP) is 4.48. The topological polar surface area (TPSA) is 33.1 Å². The van der Waals surface area contributed by atoms with Gasteiger partial charge in [-0.1, -0.05) is 48.8 Å². The summed E-state index contributed by atoms with van der Waals surface area (Å²) in [6.45, 7) is 6.45. The molecule has 4 heteroatoms. The van der Waals surface area contributed by atoms with Crippen LogP contribution >= 0.6 is 27.3 Å². The van der Waals surface area contributed by atoms with Crippen LogP contribution in [0.15, 0.2) is 34.1 Å². The van der Waals surface area contributed by atoms with Crippen molar-refractivity contribution < 1.29 is 5.11 Å². The lowest BCUT2D eigenvalue weighted by Gasteiger charge is -2.14. The van der Waals surface area contributed by atoms with Gasteiger partial charge in [-0.05, 0) is 17.7 Å². The number of hydrogen-bond donors (Lipinski definition) is 1. The number of thiazole rings is 1. The number of aromatic nitrogens is 1. The Kier molecular flexibility index (Phi) is 4.43. The summed E-state index contributed by atoms with van der Waals surface area (Å²) in [4.78, 5) is 4.61. The van der Waals surface area contributed by atoms with E-state index in [0.29, 0.717) is 6.42 Å². The Balaban J connectivity index is 2.08. The minimum absolute atomic E-state index is 0.0668. The fourth-order valence-electron chi connectivity index (χ4n) is 1.72. The maximum absolute atomic E-state index is 10.2. The van der Waals surface area contributed by atoms with Crippen LogP contribution in [0.5, 0.6) is 0 Å². The molecule has 0 amide bonds. The van der Waals surface area contributed by atoms with E-state index < -0.39 is 6.10 Å². The summed E-state index contributed by atoms with van der Waals surface area (Å²) in [6, 6.07) is 7.77. The SMILES string of the molecule is CC(C)(C)c1csc(CC(O)c2ccc(Br)cc2)n1. The van der Waals surface area contributed by atoms with Crippen molar-refractivity contribution in [2.45, 2.75) is 38.7 Å². The van der Waals surface area contributed by atoms with Gasteiger partial charge in [-0.2, -0.15) is 0 Å².